The summed E-state index contributed by atoms with van der Waals surface area (Å²) >= 11 is 7.50. The van der Waals surface area contributed by atoms with Crippen molar-refractivity contribution in [2.45, 2.75) is 18.2 Å². The summed E-state index contributed by atoms with van der Waals surface area (Å²) in [6.07, 6.45) is 2.19. The first-order chi connectivity index (χ1) is 14.6. The lowest BCUT2D eigenvalue weighted by molar-refractivity contribution is -0.130. The highest BCUT2D eigenvalue weighted by molar-refractivity contribution is 7.99. The third kappa shape index (κ3) is 4.59. The maximum Gasteiger partial charge on any atom is 0.253 e. The molecule has 0 radical (unpaired) electrons. The van der Waals surface area contributed by atoms with Gasteiger partial charge in [0.1, 0.15) is 11.8 Å². The van der Waals surface area contributed by atoms with Crippen LogP contribution in [0.3, 0.4) is 0 Å². The zero-order chi connectivity index (χ0) is 20.9. The van der Waals surface area contributed by atoms with E-state index in [-0.39, 0.29) is 17.7 Å². The first kappa shape index (κ1) is 20.3. The van der Waals surface area contributed by atoms with E-state index >= 15 is 0 Å². The highest BCUT2D eigenvalue weighted by Gasteiger charge is 2.34. The summed E-state index contributed by atoms with van der Waals surface area (Å²) in [6.45, 7) is 0. The van der Waals surface area contributed by atoms with Gasteiger partial charge in [0.15, 0.2) is 0 Å². The molecule has 0 bridgehead atoms. The predicted octanol–water partition coefficient (Wildman–Crippen LogP) is 5.42. The Morgan fingerprint density at radius 1 is 1.23 bits per heavy atom. The lowest BCUT2D eigenvalue weighted by Gasteiger charge is -2.19. The molecule has 1 aliphatic heterocycles. The Morgan fingerprint density at radius 2 is 2.07 bits per heavy atom. The topological polar surface area (TPSA) is 69.6 Å². The van der Waals surface area contributed by atoms with E-state index in [9.17, 15) is 4.79 Å². The molecule has 1 unspecified atom stereocenters. The van der Waals surface area contributed by atoms with Crippen molar-refractivity contribution in [3.8, 4) is 6.07 Å². The number of hydrogen-bond donors (Lipinski definition) is 0. The second kappa shape index (κ2) is 9.21. The largest absolute Gasteiger partial charge is 0.467 e. The van der Waals surface area contributed by atoms with Crippen LogP contribution >= 0.6 is 23.4 Å². The lowest BCUT2D eigenvalue weighted by atomic mass is 10.0. The van der Waals surface area contributed by atoms with Gasteiger partial charge in [-0.15, -0.1) is 11.8 Å². The average molecular weight is 436 g/mol. The first-order valence-corrected chi connectivity index (χ1v) is 10.9. The van der Waals surface area contributed by atoms with E-state index in [1.165, 1.54) is 16.8 Å². The summed E-state index contributed by atoms with van der Waals surface area (Å²) in [7, 11) is 0. The van der Waals surface area contributed by atoms with Crippen molar-refractivity contribution >= 4 is 35.0 Å². The number of hydrazone groups is 1. The Hall–Kier alpha value is -3.01. The third-order valence-corrected chi connectivity index (χ3v) is 6.01. The molecule has 1 aromatic heterocycles. The van der Waals surface area contributed by atoms with Gasteiger partial charge in [-0.3, -0.25) is 4.79 Å². The molecule has 1 atom stereocenters. The van der Waals surface area contributed by atoms with Gasteiger partial charge in [0, 0.05) is 17.2 Å². The molecule has 1 amide bonds. The van der Waals surface area contributed by atoms with Crippen LogP contribution in [0.2, 0.25) is 5.02 Å². The first-order valence-electron chi connectivity index (χ1n) is 9.39. The minimum atomic E-state index is -0.263. The molecular weight excluding hydrogens is 418 g/mol. The van der Waals surface area contributed by atoms with Gasteiger partial charge in [-0.25, -0.2) is 5.01 Å². The predicted molar refractivity (Wildman–Crippen MR) is 118 cm³/mol. The average Bonchev–Trinajstić information content (AvgIpc) is 3.44. The number of amides is 1. The van der Waals surface area contributed by atoms with E-state index in [4.69, 9.17) is 21.3 Å². The maximum atomic E-state index is 13.0. The number of benzene rings is 2. The fourth-order valence-corrected chi connectivity index (χ4v) is 4.26. The van der Waals surface area contributed by atoms with Gasteiger partial charge in [0.05, 0.1) is 29.4 Å². The fourth-order valence-electron chi connectivity index (χ4n) is 3.31. The van der Waals surface area contributed by atoms with Crippen LogP contribution in [-0.2, 0) is 10.5 Å². The van der Waals surface area contributed by atoms with Crippen LogP contribution in [0.4, 0.5) is 0 Å². The summed E-state index contributed by atoms with van der Waals surface area (Å²) in [5.74, 6) is 1.56. The lowest BCUT2D eigenvalue weighted by Crippen LogP contribution is -2.28. The van der Waals surface area contributed by atoms with E-state index in [2.05, 4.69) is 11.2 Å². The number of nitriles is 1. The van der Waals surface area contributed by atoms with E-state index in [0.717, 1.165) is 16.8 Å². The molecule has 0 N–H and O–H groups in total. The monoisotopic (exact) mass is 435 g/mol. The Labute approximate surface area is 183 Å². The summed E-state index contributed by atoms with van der Waals surface area (Å²) in [5, 5.41) is 15.8. The Morgan fingerprint density at radius 3 is 2.80 bits per heavy atom. The van der Waals surface area contributed by atoms with Gasteiger partial charge in [0.25, 0.3) is 5.91 Å². The Kier molecular flexibility index (Phi) is 6.22. The number of furan rings is 1. The smallest absolute Gasteiger partial charge is 0.253 e. The molecule has 0 fully saturated rings. The summed E-state index contributed by atoms with van der Waals surface area (Å²) in [5.41, 5.74) is 3.40. The molecule has 0 saturated carbocycles. The van der Waals surface area contributed by atoms with Gasteiger partial charge in [-0.1, -0.05) is 35.9 Å². The molecule has 7 heteroatoms. The highest BCUT2D eigenvalue weighted by atomic mass is 35.5. The van der Waals surface area contributed by atoms with Crippen LogP contribution in [0.25, 0.3) is 0 Å². The molecule has 4 rings (SSSR count). The number of halogens is 1. The number of rotatable bonds is 6. The molecule has 0 aliphatic carbocycles. The third-order valence-electron chi connectivity index (χ3n) is 4.77. The highest BCUT2D eigenvalue weighted by Crippen LogP contribution is 2.34. The fraction of sp³-hybridized carbons (Fsp3) is 0.174. The number of nitrogens with zero attached hydrogens (tertiary/aromatic N) is 3. The quantitative estimate of drug-likeness (QED) is 0.518. The summed E-state index contributed by atoms with van der Waals surface area (Å²) in [4.78, 5) is 13.0. The molecule has 30 heavy (non-hydrogen) atoms. The van der Waals surface area contributed by atoms with Crippen LogP contribution in [0, 0.1) is 11.3 Å². The second-order valence-electron chi connectivity index (χ2n) is 6.83. The zero-order valence-electron chi connectivity index (χ0n) is 16.0. The normalized spacial score (nSPS) is 15.7. The van der Waals surface area contributed by atoms with Crippen LogP contribution in [0.15, 0.2) is 76.4 Å². The van der Waals surface area contributed by atoms with E-state index in [1.54, 1.807) is 12.3 Å². The van der Waals surface area contributed by atoms with Gasteiger partial charge in [-0.2, -0.15) is 10.4 Å². The molecule has 1 aliphatic rings. The van der Waals surface area contributed by atoms with Crippen molar-refractivity contribution in [3.63, 3.8) is 0 Å². The van der Waals surface area contributed by atoms with E-state index in [1.807, 2.05) is 54.6 Å². The van der Waals surface area contributed by atoms with Crippen LogP contribution in [0.5, 0.6) is 0 Å². The van der Waals surface area contributed by atoms with E-state index < -0.39 is 0 Å². The summed E-state index contributed by atoms with van der Waals surface area (Å²) < 4.78 is 5.57. The van der Waals surface area contributed by atoms with Crippen molar-refractivity contribution in [2.75, 3.05) is 5.75 Å². The SMILES string of the molecule is N#Cc1cccc(CSCC(=O)N2N=C(c3ccc(Cl)cc3)CC2c2ccco2)c1. The van der Waals surface area contributed by atoms with Crippen molar-refractivity contribution in [2.24, 2.45) is 5.10 Å². The second-order valence-corrected chi connectivity index (χ2v) is 8.25. The van der Waals surface area contributed by atoms with Gasteiger partial charge < -0.3 is 4.42 Å². The molecule has 150 valence electrons. The number of carbonyl (C=O) groups is 1. The number of thioether (sulfide) groups is 1. The van der Waals surface area contributed by atoms with Crippen molar-refractivity contribution in [1.82, 2.24) is 5.01 Å². The van der Waals surface area contributed by atoms with Gasteiger partial charge in [-0.05, 0) is 47.5 Å². The molecule has 2 heterocycles. The molecular formula is C23H18ClN3O2S. The number of carbonyl (C=O) groups excluding carboxylic acids is 1. The van der Waals surface area contributed by atoms with E-state index in [0.29, 0.717) is 28.5 Å². The zero-order valence-corrected chi connectivity index (χ0v) is 17.6. The van der Waals surface area contributed by atoms with Crippen molar-refractivity contribution in [3.05, 3.63) is 94.4 Å². The number of hydrogen-bond acceptors (Lipinski definition) is 5. The van der Waals surface area contributed by atoms with Crippen LogP contribution < -0.4 is 0 Å². The van der Waals surface area contributed by atoms with Crippen LogP contribution in [0.1, 0.15) is 34.9 Å². The van der Waals surface area contributed by atoms with Crippen LogP contribution in [-0.4, -0.2) is 22.4 Å². The molecule has 3 aromatic rings. The molecule has 0 spiro atoms. The minimum Gasteiger partial charge on any atom is -0.467 e. The van der Waals surface area contributed by atoms with Gasteiger partial charge >= 0.3 is 0 Å². The molecule has 0 saturated heterocycles. The minimum absolute atomic E-state index is 0.0817. The van der Waals surface area contributed by atoms with Gasteiger partial charge in [0.2, 0.25) is 0 Å². The Bertz CT molecular complexity index is 1100. The molecule has 2 aromatic carbocycles. The van der Waals surface area contributed by atoms with Crippen molar-refractivity contribution in [1.29, 1.82) is 5.26 Å². The maximum absolute atomic E-state index is 13.0. The summed E-state index contributed by atoms with van der Waals surface area (Å²) in [6, 6.07) is 20.4. The Balaban J connectivity index is 1.47. The standard InChI is InChI=1S/C23H18ClN3O2S/c24-19-8-6-18(7-9-19)20-12-21(22-5-2-10-29-22)27(26-20)23(28)15-30-14-17-4-1-3-16(11-17)13-25/h1-11,21H,12,14-15H2. The molecule has 5 nitrogen and oxygen atoms in total. The van der Waals surface area contributed by atoms with Crippen molar-refractivity contribution < 1.29 is 9.21 Å².